The molecule has 2 heterocycles. The molecule has 4 rings (SSSR count). The number of carbonyl (C=O) groups excluding carboxylic acids is 1. The maximum absolute atomic E-state index is 11.7. The highest BCUT2D eigenvalue weighted by atomic mass is 35.5. The minimum absolute atomic E-state index is 0.182. The van der Waals surface area contributed by atoms with Gasteiger partial charge >= 0.3 is 0 Å². The number of fused-ring (bicyclic) bond motifs is 1. The van der Waals surface area contributed by atoms with Crippen LogP contribution in [0.4, 0.5) is 11.4 Å². The summed E-state index contributed by atoms with van der Waals surface area (Å²) in [6.45, 7) is 7.63. The van der Waals surface area contributed by atoms with Gasteiger partial charge in [0.25, 0.3) is 0 Å². The number of aliphatic imine (C=N–C) groups is 1. The highest BCUT2D eigenvalue weighted by molar-refractivity contribution is 6.31. The summed E-state index contributed by atoms with van der Waals surface area (Å²) in [5, 5.41) is 4.10. The van der Waals surface area contributed by atoms with E-state index in [1.165, 1.54) is 18.1 Å². The number of amides is 1. The van der Waals surface area contributed by atoms with Crippen molar-refractivity contribution in [2.45, 2.75) is 46.0 Å². The third-order valence-electron chi connectivity index (χ3n) is 5.12. The van der Waals surface area contributed by atoms with Gasteiger partial charge in [-0.15, -0.1) is 0 Å². The fraction of sp³-hybridized carbons (Fsp3) is 0.391. The van der Waals surface area contributed by atoms with Crippen LogP contribution in [-0.2, 0) is 11.2 Å². The summed E-state index contributed by atoms with van der Waals surface area (Å²) in [5.41, 5.74) is 4.62. The lowest BCUT2D eigenvalue weighted by Gasteiger charge is -2.25. The van der Waals surface area contributed by atoms with Crippen LogP contribution in [0.3, 0.4) is 0 Å². The number of halogens is 1. The molecule has 0 aliphatic carbocycles. The molecule has 1 N–H and O–H groups in total. The molecule has 4 nitrogen and oxygen atoms in total. The number of hydrogen-bond donors (Lipinski definition) is 1. The van der Waals surface area contributed by atoms with Crippen LogP contribution >= 0.6 is 11.6 Å². The lowest BCUT2D eigenvalue weighted by molar-refractivity contribution is -0.115. The SMILES string of the molecule is CC.CC(=O)N=C1Cc2ccc(C3CCNCC3)cc2N1c1cccc(Cl)c1. The molecule has 1 saturated heterocycles. The van der Waals surface area contributed by atoms with Gasteiger partial charge < -0.3 is 5.32 Å². The van der Waals surface area contributed by atoms with Gasteiger partial charge in [-0.05, 0) is 67.2 Å². The number of nitrogens with one attached hydrogen (secondary N) is 1. The first kappa shape index (κ1) is 20.6. The lowest BCUT2D eigenvalue weighted by Crippen LogP contribution is -2.26. The number of anilines is 2. The molecule has 5 heteroatoms. The average Bonchev–Trinajstić information content (AvgIpc) is 3.06. The summed E-state index contributed by atoms with van der Waals surface area (Å²) in [6, 6.07) is 14.4. The first-order valence-electron chi connectivity index (χ1n) is 10.1. The highest BCUT2D eigenvalue weighted by Crippen LogP contribution is 2.39. The summed E-state index contributed by atoms with van der Waals surface area (Å²) < 4.78 is 0. The van der Waals surface area contributed by atoms with Crippen LogP contribution in [0.5, 0.6) is 0 Å². The molecular formula is C23H28ClN3O. The van der Waals surface area contributed by atoms with Crippen molar-refractivity contribution in [2.75, 3.05) is 18.0 Å². The van der Waals surface area contributed by atoms with Crippen LogP contribution in [0, 0.1) is 0 Å². The predicted octanol–water partition coefficient (Wildman–Crippen LogP) is 5.47. The molecular weight excluding hydrogens is 370 g/mol. The quantitative estimate of drug-likeness (QED) is 0.730. The van der Waals surface area contributed by atoms with Crippen molar-refractivity contribution < 1.29 is 4.79 Å². The zero-order chi connectivity index (χ0) is 20.1. The van der Waals surface area contributed by atoms with Gasteiger partial charge in [0.1, 0.15) is 5.84 Å². The Hall–Kier alpha value is -2.17. The maximum atomic E-state index is 11.7. The van der Waals surface area contributed by atoms with Gasteiger partial charge in [0, 0.05) is 24.1 Å². The van der Waals surface area contributed by atoms with Crippen molar-refractivity contribution in [1.29, 1.82) is 0 Å². The number of piperidine rings is 1. The molecule has 1 amide bonds. The standard InChI is InChI=1S/C21H22ClN3O.C2H6/c1-14(26)24-21-12-17-6-5-16(15-7-9-23-10-8-15)11-20(17)25(21)19-4-2-3-18(22)13-19;1-2/h2-6,11,13,15,23H,7-10,12H2,1H3;1-2H3. The Labute approximate surface area is 172 Å². The second kappa shape index (κ2) is 9.35. The number of hydrogen-bond acceptors (Lipinski definition) is 2. The monoisotopic (exact) mass is 397 g/mol. The minimum Gasteiger partial charge on any atom is -0.317 e. The third-order valence-corrected chi connectivity index (χ3v) is 5.36. The molecule has 148 valence electrons. The first-order chi connectivity index (χ1) is 13.6. The van der Waals surface area contributed by atoms with Gasteiger partial charge in [-0.3, -0.25) is 9.69 Å². The normalized spacial score (nSPS) is 17.9. The summed E-state index contributed by atoms with van der Waals surface area (Å²) in [6.07, 6.45) is 2.97. The Morgan fingerprint density at radius 3 is 2.57 bits per heavy atom. The molecule has 0 spiro atoms. The molecule has 2 aromatic rings. The van der Waals surface area contributed by atoms with Crippen molar-refractivity contribution in [3.63, 3.8) is 0 Å². The maximum Gasteiger partial charge on any atom is 0.244 e. The molecule has 28 heavy (non-hydrogen) atoms. The van der Waals surface area contributed by atoms with E-state index < -0.39 is 0 Å². The van der Waals surface area contributed by atoms with Crippen LogP contribution < -0.4 is 10.2 Å². The Morgan fingerprint density at radius 2 is 1.89 bits per heavy atom. The number of carbonyl (C=O) groups is 1. The van der Waals surface area contributed by atoms with Gasteiger partial charge in [-0.25, -0.2) is 0 Å². The predicted molar refractivity (Wildman–Crippen MR) is 118 cm³/mol. The Morgan fingerprint density at radius 1 is 1.14 bits per heavy atom. The fourth-order valence-corrected chi connectivity index (χ4v) is 4.10. The Balaban J connectivity index is 0.00000109. The van der Waals surface area contributed by atoms with E-state index in [9.17, 15) is 4.79 Å². The van der Waals surface area contributed by atoms with E-state index in [1.807, 2.05) is 38.1 Å². The fourth-order valence-electron chi connectivity index (χ4n) is 3.91. The van der Waals surface area contributed by atoms with Crippen molar-refractivity contribution in [3.05, 3.63) is 58.6 Å². The van der Waals surface area contributed by atoms with E-state index in [4.69, 9.17) is 11.6 Å². The third kappa shape index (κ3) is 4.45. The van der Waals surface area contributed by atoms with Gasteiger partial charge in [0.2, 0.25) is 5.91 Å². The van der Waals surface area contributed by atoms with E-state index >= 15 is 0 Å². The molecule has 0 unspecified atom stereocenters. The highest BCUT2D eigenvalue weighted by Gasteiger charge is 2.29. The number of amidine groups is 1. The number of rotatable bonds is 2. The summed E-state index contributed by atoms with van der Waals surface area (Å²) in [4.78, 5) is 18.0. The molecule has 0 bridgehead atoms. The molecule has 0 radical (unpaired) electrons. The van der Waals surface area contributed by atoms with Crippen LogP contribution in [-0.4, -0.2) is 24.8 Å². The molecule has 0 atom stereocenters. The zero-order valence-corrected chi connectivity index (χ0v) is 17.6. The topological polar surface area (TPSA) is 44.7 Å². The van der Waals surface area contributed by atoms with Gasteiger partial charge in [-0.1, -0.05) is 43.6 Å². The van der Waals surface area contributed by atoms with Gasteiger partial charge in [0.15, 0.2) is 0 Å². The Bertz CT molecular complexity index is 872. The van der Waals surface area contributed by atoms with E-state index in [0.29, 0.717) is 17.4 Å². The molecule has 0 saturated carbocycles. The zero-order valence-electron chi connectivity index (χ0n) is 16.8. The van der Waals surface area contributed by atoms with E-state index in [1.54, 1.807) is 0 Å². The second-order valence-corrected chi connectivity index (χ2v) is 7.39. The molecule has 2 aliphatic rings. The lowest BCUT2D eigenvalue weighted by atomic mass is 9.89. The second-order valence-electron chi connectivity index (χ2n) is 6.95. The van der Waals surface area contributed by atoms with Crippen molar-refractivity contribution >= 4 is 34.7 Å². The minimum atomic E-state index is -0.182. The van der Waals surface area contributed by atoms with Crippen molar-refractivity contribution in [3.8, 4) is 0 Å². The van der Waals surface area contributed by atoms with Gasteiger partial charge in [-0.2, -0.15) is 4.99 Å². The van der Waals surface area contributed by atoms with Gasteiger partial charge in [0.05, 0.1) is 5.69 Å². The van der Waals surface area contributed by atoms with Crippen LogP contribution in [0.2, 0.25) is 5.02 Å². The molecule has 2 aliphatic heterocycles. The molecule has 0 aromatic heterocycles. The summed E-state index contributed by atoms with van der Waals surface area (Å²) in [5.74, 6) is 1.16. The van der Waals surface area contributed by atoms with Crippen LogP contribution in [0.25, 0.3) is 0 Å². The molecule has 2 aromatic carbocycles. The number of benzene rings is 2. The first-order valence-corrected chi connectivity index (χ1v) is 10.5. The Kier molecular flexibility index (Phi) is 6.87. The van der Waals surface area contributed by atoms with Crippen LogP contribution in [0.15, 0.2) is 47.5 Å². The summed E-state index contributed by atoms with van der Waals surface area (Å²) in [7, 11) is 0. The smallest absolute Gasteiger partial charge is 0.244 e. The van der Waals surface area contributed by atoms with E-state index in [-0.39, 0.29) is 5.91 Å². The van der Waals surface area contributed by atoms with Crippen LogP contribution in [0.1, 0.15) is 50.7 Å². The van der Waals surface area contributed by atoms with E-state index in [0.717, 1.165) is 43.1 Å². The summed E-state index contributed by atoms with van der Waals surface area (Å²) >= 11 is 6.22. The van der Waals surface area contributed by atoms with Crippen molar-refractivity contribution in [2.24, 2.45) is 4.99 Å². The average molecular weight is 398 g/mol. The molecule has 1 fully saturated rings. The van der Waals surface area contributed by atoms with Crippen molar-refractivity contribution in [1.82, 2.24) is 5.32 Å². The number of nitrogens with zero attached hydrogens (tertiary/aromatic N) is 2. The largest absolute Gasteiger partial charge is 0.317 e. The van der Waals surface area contributed by atoms with E-state index in [2.05, 4.69) is 33.4 Å².